The van der Waals surface area contributed by atoms with E-state index < -0.39 is 17.7 Å². The smallest absolute Gasteiger partial charge is 0.319 e. The maximum Gasteiger partial charge on any atom is 0.319 e. The van der Waals surface area contributed by atoms with E-state index in [1.807, 2.05) is 12.1 Å². The second kappa shape index (κ2) is 20.3. The summed E-state index contributed by atoms with van der Waals surface area (Å²) in [6.07, 6.45) is 18.5. The van der Waals surface area contributed by atoms with Gasteiger partial charge in [0.15, 0.2) is 5.82 Å². The molecule has 17 heteroatoms. The molecule has 74 heavy (non-hydrogen) atoms. The molecule has 0 saturated carbocycles. The Kier molecular flexibility index (Phi) is 13.3. The molecular formula is C57H64F2N10O5. The summed E-state index contributed by atoms with van der Waals surface area (Å²) < 4.78 is 38.3. The van der Waals surface area contributed by atoms with E-state index in [-0.39, 0.29) is 63.6 Å². The predicted molar refractivity (Wildman–Crippen MR) is 278 cm³/mol. The Bertz CT molecular complexity index is 3040. The number of nitrogens with one attached hydrogen (secondary N) is 2. The number of anilines is 2. The van der Waals surface area contributed by atoms with Crippen LogP contribution in [0.2, 0.25) is 0 Å². The van der Waals surface area contributed by atoms with Crippen molar-refractivity contribution in [3.63, 3.8) is 0 Å². The molecule has 6 fully saturated rings. The molecule has 3 amide bonds. The normalized spacial score (nSPS) is 23.5. The number of fused-ring (bicyclic) bond motifs is 5. The first-order chi connectivity index (χ1) is 36.0. The fraction of sp³-hybridized carbons (Fsp3) is 0.509. The second-order valence-corrected chi connectivity index (χ2v) is 22.0. The molecule has 12 rings (SSSR count). The zero-order chi connectivity index (χ0) is 50.6. The molecule has 0 spiro atoms. The Balaban J connectivity index is 0.617. The summed E-state index contributed by atoms with van der Waals surface area (Å²) in [6.45, 7) is 10.4. The number of phenols is 1. The predicted octanol–water partition coefficient (Wildman–Crippen LogP) is 6.62. The molecule has 2 bridgehead atoms. The van der Waals surface area contributed by atoms with Crippen LogP contribution in [-0.4, -0.2) is 143 Å². The molecule has 2 aromatic heterocycles. The van der Waals surface area contributed by atoms with Crippen LogP contribution in [0.15, 0.2) is 48.7 Å². The monoisotopic (exact) mass is 1010 g/mol. The van der Waals surface area contributed by atoms with E-state index in [1.54, 1.807) is 11.1 Å². The van der Waals surface area contributed by atoms with Crippen LogP contribution >= 0.6 is 0 Å². The number of carbonyl (C=O) groups excluding carboxylic acids is 3. The van der Waals surface area contributed by atoms with Gasteiger partial charge in [-0.05, 0) is 155 Å². The van der Waals surface area contributed by atoms with E-state index >= 15 is 8.78 Å². The molecule has 5 aromatic rings. The lowest BCUT2D eigenvalue weighted by atomic mass is 9.82. The largest absolute Gasteiger partial charge is 0.508 e. The maximum atomic E-state index is 17.0. The van der Waals surface area contributed by atoms with Crippen LogP contribution in [0.1, 0.15) is 92.1 Å². The van der Waals surface area contributed by atoms with Crippen molar-refractivity contribution in [3.8, 4) is 35.4 Å². The number of aromatic nitrogens is 3. The number of likely N-dealkylation sites (tertiary alicyclic amines) is 2. The number of aromatic hydroxyl groups is 1. The highest BCUT2D eigenvalue weighted by Crippen LogP contribution is 2.40. The minimum absolute atomic E-state index is 0.0340. The lowest BCUT2D eigenvalue weighted by Crippen LogP contribution is -2.52. The quantitative estimate of drug-likeness (QED) is 0.0906. The van der Waals surface area contributed by atoms with Crippen molar-refractivity contribution in [1.82, 2.24) is 40.3 Å². The van der Waals surface area contributed by atoms with Crippen molar-refractivity contribution in [2.45, 2.75) is 95.3 Å². The van der Waals surface area contributed by atoms with Gasteiger partial charge in [-0.1, -0.05) is 12.0 Å². The number of amides is 3. The Labute approximate surface area is 430 Å². The zero-order valence-corrected chi connectivity index (χ0v) is 41.8. The molecule has 7 aliphatic heterocycles. The lowest BCUT2D eigenvalue weighted by Gasteiger charge is -2.39. The highest BCUT2D eigenvalue weighted by Gasteiger charge is 2.40. The van der Waals surface area contributed by atoms with Crippen LogP contribution < -0.4 is 25.2 Å². The van der Waals surface area contributed by atoms with Gasteiger partial charge in [0.2, 0.25) is 11.8 Å². The third-order valence-electron chi connectivity index (χ3n) is 17.3. The van der Waals surface area contributed by atoms with Gasteiger partial charge in [0.05, 0.1) is 10.9 Å². The van der Waals surface area contributed by atoms with Crippen molar-refractivity contribution >= 4 is 50.9 Å². The molecule has 2 unspecified atom stereocenters. The number of halogens is 2. The van der Waals surface area contributed by atoms with Crippen molar-refractivity contribution in [2.24, 2.45) is 17.8 Å². The summed E-state index contributed by atoms with van der Waals surface area (Å²) in [5, 5.41) is 17.9. The topological polar surface area (TPSA) is 160 Å². The van der Waals surface area contributed by atoms with Crippen molar-refractivity contribution in [2.75, 3.05) is 81.9 Å². The molecule has 0 radical (unpaired) electrons. The van der Waals surface area contributed by atoms with E-state index in [4.69, 9.17) is 16.1 Å². The summed E-state index contributed by atoms with van der Waals surface area (Å²) in [6, 6.07) is 11.8. The first-order valence-corrected chi connectivity index (χ1v) is 26.9. The van der Waals surface area contributed by atoms with Gasteiger partial charge in [-0.2, -0.15) is 9.97 Å². The minimum atomic E-state index is -0.726. The van der Waals surface area contributed by atoms with Gasteiger partial charge in [0.25, 0.3) is 5.91 Å². The Morgan fingerprint density at radius 1 is 0.797 bits per heavy atom. The van der Waals surface area contributed by atoms with Gasteiger partial charge in [0.1, 0.15) is 41.2 Å². The number of phenolic OH excluding ortho intramolecular Hbond substituents is 1. The first kappa shape index (κ1) is 48.5. The average Bonchev–Trinajstić information content (AvgIpc) is 3.92. The van der Waals surface area contributed by atoms with Crippen molar-refractivity contribution in [1.29, 1.82) is 0 Å². The molecule has 3 atom stereocenters. The number of benzene rings is 3. The minimum Gasteiger partial charge on any atom is -0.508 e. The lowest BCUT2D eigenvalue weighted by molar-refractivity contribution is -0.136. The molecule has 3 N–H and O–H groups in total. The first-order valence-electron chi connectivity index (χ1n) is 26.9. The molecular weight excluding hydrogens is 943 g/mol. The van der Waals surface area contributed by atoms with Crippen LogP contribution in [0.5, 0.6) is 11.8 Å². The van der Waals surface area contributed by atoms with Gasteiger partial charge in [-0.15, -0.1) is 6.42 Å². The van der Waals surface area contributed by atoms with E-state index in [0.717, 1.165) is 88.4 Å². The summed E-state index contributed by atoms with van der Waals surface area (Å²) in [4.78, 5) is 62.9. The SMILES string of the molecule is C#Cc1c(F)ccc2cc(O)cc(-c3ncc4c(N5CC6CCC(C5)N6)nc(OCCN5CCC(CC6CCN(CC7CCN(c8ccc9c(c8)CN([C@H]8CCC(=O)NC8=O)C9=O)CC7)CC6)CC5)nc4c3F)c12. The maximum absolute atomic E-state index is 17.0. The van der Waals surface area contributed by atoms with Crippen LogP contribution in [-0.2, 0) is 16.1 Å². The summed E-state index contributed by atoms with van der Waals surface area (Å²) in [5.41, 5.74) is 2.83. The van der Waals surface area contributed by atoms with E-state index in [2.05, 4.69) is 52.2 Å². The number of piperazine rings is 1. The number of pyridine rings is 1. The van der Waals surface area contributed by atoms with E-state index in [1.165, 1.54) is 56.6 Å². The summed E-state index contributed by atoms with van der Waals surface area (Å²) in [7, 11) is 0. The van der Waals surface area contributed by atoms with Crippen LogP contribution in [0.25, 0.3) is 32.9 Å². The molecule has 386 valence electrons. The number of hydrogen-bond acceptors (Lipinski definition) is 13. The number of ether oxygens (including phenoxy) is 1. The number of piperidine rings is 4. The standard InChI is InChI=1S/C57H64F2N10O5/c1-2-43-47(58)8-3-37-27-42(70)28-45(50(37)43)52-51(59)53-46(29-60-52)54(68-32-39-4-5-40(33-68)61-39)64-57(63-53)74-24-23-65-17-11-34(12-18-65)25-35-13-19-66(20-14-35)30-36-15-21-67(22-16-36)41-6-7-44-38(26-41)31-69(56(44)73)48-9-10-49(71)62-55(48)72/h1,3,6-8,26-29,34-36,39-40,48,61,70H,4-5,9-25,30-33H2,(H,62,71,72)/t39?,40?,48-/m0/s1. The number of carbonyl (C=O) groups is 3. The van der Waals surface area contributed by atoms with Crippen LogP contribution in [0, 0.1) is 41.7 Å². The Morgan fingerprint density at radius 2 is 1.53 bits per heavy atom. The molecule has 9 heterocycles. The average molecular weight is 1010 g/mol. The van der Waals surface area contributed by atoms with Gasteiger partial charge in [-0.3, -0.25) is 29.6 Å². The van der Waals surface area contributed by atoms with E-state index in [0.29, 0.717) is 85.3 Å². The van der Waals surface area contributed by atoms with Crippen LogP contribution in [0.4, 0.5) is 20.3 Å². The number of nitrogens with zero attached hydrogens (tertiary/aromatic N) is 8. The number of imide groups is 1. The molecule has 0 aliphatic carbocycles. The van der Waals surface area contributed by atoms with Crippen LogP contribution in [0.3, 0.4) is 0 Å². The third-order valence-corrected chi connectivity index (χ3v) is 17.3. The zero-order valence-electron chi connectivity index (χ0n) is 41.8. The van der Waals surface area contributed by atoms with Gasteiger partial charge >= 0.3 is 6.01 Å². The Hall–Kier alpha value is -6.48. The number of terminal acetylenes is 1. The Morgan fingerprint density at radius 3 is 2.26 bits per heavy atom. The summed E-state index contributed by atoms with van der Waals surface area (Å²) >= 11 is 0. The van der Waals surface area contributed by atoms with Gasteiger partial charge in [-0.25, -0.2) is 8.78 Å². The van der Waals surface area contributed by atoms with Gasteiger partial charge in [0, 0.05) is 92.7 Å². The molecule has 15 nitrogen and oxygen atoms in total. The van der Waals surface area contributed by atoms with E-state index in [9.17, 15) is 19.5 Å². The van der Waals surface area contributed by atoms with Crippen molar-refractivity contribution in [3.05, 3.63) is 77.0 Å². The number of rotatable bonds is 12. The molecule has 6 saturated heterocycles. The van der Waals surface area contributed by atoms with Gasteiger partial charge < -0.3 is 34.8 Å². The summed E-state index contributed by atoms with van der Waals surface area (Å²) in [5.74, 6) is 2.88. The molecule has 7 aliphatic rings. The fourth-order valence-corrected chi connectivity index (χ4v) is 13.3. The molecule has 3 aromatic carbocycles. The van der Waals surface area contributed by atoms with Crippen molar-refractivity contribution < 1.29 is 33.0 Å². The second-order valence-electron chi connectivity index (χ2n) is 22.0. The highest BCUT2D eigenvalue weighted by molar-refractivity contribution is 6.06. The third kappa shape index (κ3) is 9.60. The highest BCUT2D eigenvalue weighted by atomic mass is 19.1. The number of hydrogen-bond donors (Lipinski definition) is 3. The fourth-order valence-electron chi connectivity index (χ4n) is 13.3.